The molecule has 0 spiro atoms. The van der Waals surface area contributed by atoms with Crippen molar-refractivity contribution in [3.05, 3.63) is 24.4 Å². The van der Waals surface area contributed by atoms with Crippen molar-refractivity contribution in [2.75, 3.05) is 0 Å². The van der Waals surface area contributed by atoms with Gasteiger partial charge >= 0.3 is 0 Å². The van der Waals surface area contributed by atoms with Gasteiger partial charge in [-0.05, 0) is 0 Å². The molecule has 0 aromatic carbocycles. The number of rotatable bonds is 2. The zero-order chi connectivity index (χ0) is 6.62. The highest BCUT2D eigenvalue weighted by atomic mass is 35.6. The van der Waals surface area contributed by atoms with Crippen LogP contribution in [0.15, 0.2) is 24.4 Å². The van der Waals surface area contributed by atoms with Gasteiger partial charge < -0.3 is 0 Å². The second-order valence-corrected chi connectivity index (χ2v) is 8.54. The first kappa shape index (κ1) is 7.99. The van der Waals surface area contributed by atoms with Crippen LogP contribution in [0.5, 0.6) is 0 Å². The van der Waals surface area contributed by atoms with Crippen molar-refractivity contribution in [1.29, 1.82) is 0 Å². The van der Waals surface area contributed by atoms with Crippen molar-refractivity contribution in [2.24, 2.45) is 0 Å². The highest BCUT2D eigenvalue weighted by Crippen LogP contribution is 2.07. The van der Waals surface area contributed by atoms with E-state index in [0.29, 0.717) is 0 Å². The van der Waals surface area contributed by atoms with Crippen LogP contribution in [-0.2, 0) is 0 Å². The number of halogens is 1. The van der Waals surface area contributed by atoms with Gasteiger partial charge in [0.05, 0.1) is 0 Å². The minimum absolute atomic E-state index is 1.46. The SMILES string of the molecule is C=CC=C[Si](C)(C)Cl. The van der Waals surface area contributed by atoms with E-state index in [4.69, 9.17) is 11.1 Å². The lowest BCUT2D eigenvalue weighted by atomic mass is 10.6. The molecule has 2 heteroatoms. The predicted octanol–water partition coefficient (Wildman–Crippen LogP) is 2.71. The summed E-state index contributed by atoms with van der Waals surface area (Å²) in [4.78, 5) is 0. The molecule has 0 amide bonds. The quantitative estimate of drug-likeness (QED) is 0.319. The van der Waals surface area contributed by atoms with Crippen LogP contribution in [-0.4, -0.2) is 7.38 Å². The van der Waals surface area contributed by atoms with Crippen LogP contribution in [0.2, 0.25) is 13.1 Å². The maximum atomic E-state index is 5.92. The van der Waals surface area contributed by atoms with E-state index in [0.717, 1.165) is 0 Å². The normalized spacial score (nSPS) is 12.4. The minimum atomic E-state index is -1.46. The van der Waals surface area contributed by atoms with Crippen molar-refractivity contribution in [3.63, 3.8) is 0 Å². The summed E-state index contributed by atoms with van der Waals surface area (Å²) in [6.07, 6.45) is 3.65. The molecule has 0 N–H and O–H groups in total. The van der Waals surface area contributed by atoms with Crippen molar-refractivity contribution in [1.82, 2.24) is 0 Å². The molecular formula is C6H11ClSi. The van der Waals surface area contributed by atoms with Gasteiger partial charge in [-0.15, -0.1) is 0 Å². The van der Waals surface area contributed by atoms with E-state index in [-0.39, 0.29) is 0 Å². The molecule has 0 aromatic heterocycles. The Labute approximate surface area is 56.6 Å². The van der Waals surface area contributed by atoms with Gasteiger partial charge in [0.15, 0.2) is 7.38 Å². The Morgan fingerprint density at radius 1 is 1.50 bits per heavy atom. The topological polar surface area (TPSA) is 0 Å². The third-order valence-corrected chi connectivity index (χ3v) is 1.99. The average Bonchev–Trinajstić information content (AvgIpc) is 1.59. The van der Waals surface area contributed by atoms with E-state index in [1.54, 1.807) is 6.08 Å². The molecule has 8 heavy (non-hydrogen) atoms. The van der Waals surface area contributed by atoms with Crippen LogP contribution < -0.4 is 0 Å². The summed E-state index contributed by atoms with van der Waals surface area (Å²) in [5, 5.41) is 0. The average molecular weight is 147 g/mol. The Hall–Kier alpha value is -0.0131. The van der Waals surface area contributed by atoms with Crippen molar-refractivity contribution in [2.45, 2.75) is 13.1 Å². The van der Waals surface area contributed by atoms with E-state index < -0.39 is 7.38 Å². The lowest BCUT2D eigenvalue weighted by Crippen LogP contribution is -2.10. The molecule has 46 valence electrons. The summed E-state index contributed by atoms with van der Waals surface area (Å²) in [7, 11) is -1.46. The fourth-order valence-corrected chi connectivity index (χ4v) is 1.11. The molecule has 0 aliphatic heterocycles. The summed E-state index contributed by atoms with van der Waals surface area (Å²) < 4.78 is 0. The molecule has 0 bridgehead atoms. The van der Waals surface area contributed by atoms with Gasteiger partial charge in [-0.3, -0.25) is 0 Å². The summed E-state index contributed by atoms with van der Waals surface area (Å²) in [6, 6.07) is 0. The molecule has 0 heterocycles. The maximum absolute atomic E-state index is 5.92. The Bertz CT molecular complexity index is 99.6. The second kappa shape index (κ2) is 3.10. The smallest absolute Gasteiger partial charge is 0.162 e. The van der Waals surface area contributed by atoms with Gasteiger partial charge in [0.2, 0.25) is 0 Å². The predicted molar refractivity (Wildman–Crippen MR) is 42.7 cm³/mol. The van der Waals surface area contributed by atoms with E-state index in [1.165, 1.54) is 0 Å². The minimum Gasteiger partial charge on any atom is -0.162 e. The van der Waals surface area contributed by atoms with Gasteiger partial charge in [-0.1, -0.05) is 37.5 Å². The molecule has 0 saturated heterocycles. The van der Waals surface area contributed by atoms with E-state index in [2.05, 4.69) is 19.7 Å². The standard InChI is InChI=1S/C6H11ClSi/c1-4-5-6-8(2,3)7/h4-6H,1H2,2-3H3. The second-order valence-electron chi connectivity index (χ2n) is 2.16. The van der Waals surface area contributed by atoms with Crippen LogP contribution in [0, 0.1) is 0 Å². The summed E-state index contributed by atoms with van der Waals surface area (Å²) in [6.45, 7) is 7.67. The van der Waals surface area contributed by atoms with Crippen LogP contribution in [0.25, 0.3) is 0 Å². The van der Waals surface area contributed by atoms with Gasteiger partial charge in [0, 0.05) is 0 Å². The lowest BCUT2D eigenvalue weighted by molar-refractivity contribution is 1.92. The first-order chi connectivity index (χ1) is 3.56. The summed E-state index contributed by atoms with van der Waals surface area (Å²) in [5.41, 5.74) is 2.03. The number of hydrogen-bond donors (Lipinski definition) is 0. The fourth-order valence-electron chi connectivity index (χ4n) is 0.297. The molecule has 0 aliphatic rings. The van der Waals surface area contributed by atoms with Gasteiger partial charge in [0.25, 0.3) is 0 Å². The Kier molecular flexibility index (Phi) is 3.10. The molecule has 0 radical (unpaired) electrons. The molecule has 0 atom stereocenters. The molecule has 0 aromatic rings. The van der Waals surface area contributed by atoms with Crippen LogP contribution in [0.4, 0.5) is 0 Å². The third-order valence-electron chi connectivity index (χ3n) is 0.629. The molecule has 0 rings (SSSR count). The van der Waals surface area contributed by atoms with E-state index >= 15 is 0 Å². The Balaban J connectivity index is 3.69. The molecule has 0 aliphatic carbocycles. The van der Waals surface area contributed by atoms with E-state index in [1.807, 2.05) is 11.8 Å². The van der Waals surface area contributed by atoms with Gasteiger partial charge in [-0.2, -0.15) is 11.1 Å². The Morgan fingerprint density at radius 3 is 2.12 bits per heavy atom. The zero-order valence-electron chi connectivity index (χ0n) is 5.32. The summed E-state index contributed by atoms with van der Waals surface area (Å²) >= 11 is 5.92. The monoisotopic (exact) mass is 146 g/mol. The molecule has 0 fully saturated rings. The Morgan fingerprint density at radius 2 is 2.00 bits per heavy atom. The molecular weight excluding hydrogens is 136 g/mol. The van der Waals surface area contributed by atoms with Gasteiger partial charge in [0.1, 0.15) is 0 Å². The largest absolute Gasteiger partial charge is 0.173 e. The maximum Gasteiger partial charge on any atom is 0.173 e. The zero-order valence-corrected chi connectivity index (χ0v) is 7.07. The van der Waals surface area contributed by atoms with Crippen LogP contribution >= 0.6 is 11.1 Å². The molecule has 0 unspecified atom stereocenters. The van der Waals surface area contributed by atoms with Crippen molar-refractivity contribution < 1.29 is 0 Å². The fraction of sp³-hybridized carbons (Fsp3) is 0.333. The molecule has 0 saturated carbocycles. The van der Waals surface area contributed by atoms with Crippen LogP contribution in [0.3, 0.4) is 0 Å². The van der Waals surface area contributed by atoms with Crippen molar-refractivity contribution in [3.8, 4) is 0 Å². The first-order valence-corrected chi connectivity index (χ1v) is 6.64. The highest BCUT2D eigenvalue weighted by molar-refractivity contribution is 7.21. The third kappa shape index (κ3) is 5.99. The van der Waals surface area contributed by atoms with Crippen LogP contribution in [0.1, 0.15) is 0 Å². The number of allylic oxidation sites excluding steroid dienone is 2. The number of hydrogen-bond acceptors (Lipinski definition) is 0. The van der Waals surface area contributed by atoms with Gasteiger partial charge in [-0.25, -0.2) is 0 Å². The van der Waals surface area contributed by atoms with Crippen molar-refractivity contribution >= 4 is 18.5 Å². The summed E-state index contributed by atoms with van der Waals surface area (Å²) in [5.74, 6) is 0. The highest BCUT2D eigenvalue weighted by Gasteiger charge is 2.09. The first-order valence-electron chi connectivity index (χ1n) is 2.55. The van der Waals surface area contributed by atoms with E-state index in [9.17, 15) is 0 Å². The molecule has 0 nitrogen and oxygen atoms in total. The lowest BCUT2D eigenvalue weighted by Gasteiger charge is -2.02.